The van der Waals surface area contributed by atoms with E-state index in [1.54, 1.807) is 0 Å². The summed E-state index contributed by atoms with van der Waals surface area (Å²) in [6.45, 7) is 0. The molecule has 0 aromatic rings. The number of halogens is 2. The average Bonchev–Trinajstić information content (AvgIpc) is 0. The predicted molar refractivity (Wildman–Crippen MR) is 14.3 cm³/mol. The van der Waals surface area contributed by atoms with E-state index < -0.39 is 0 Å². The van der Waals surface area contributed by atoms with Gasteiger partial charge in [-0.2, -0.15) is 0 Å². The van der Waals surface area contributed by atoms with Crippen LogP contribution in [0.15, 0.2) is 0 Å². The van der Waals surface area contributed by atoms with Crippen molar-refractivity contribution in [2.75, 3.05) is 0 Å². The van der Waals surface area contributed by atoms with Crippen LogP contribution < -0.4 is 24.8 Å². The topological polar surface area (TPSA) is 0 Å². The number of rotatable bonds is 0. The second kappa shape index (κ2) is 17.1. The second-order valence-electron chi connectivity index (χ2n) is 0. The van der Waals surface area contributed by atoms with Crippen molar-refractivity contribution in [1.29, 1.82) is 0 Å². The molecule has 0 nitrogen and oxygen atoms in total. The molecule has 0 bridgehead atoms. The minimum absolute atomic E-state index is 0. The van der Waals surface area contributed by atoms with Gasteiger partial charge in [0, 0.05) is 0 Å². The molecule has 0 unspecified atom stereocenters. The van der Waals surface area contributed by atoms with E-state index in [2.05, 4.69) is 0 Å². The van der Waals surface area contributed by atoms with Gasteiger partial charge < -0.3 is 24.8 Å². The Kier molecular flexibility index (Phi) is 126. The molecule has 0 saturated heterocycles. The van der Waals surface area contributed by atoms with Gasteiger partial charge in [0.1, 0.15) is 0 Å². The van der Waals surface area contributed by atoms with E-state index in [-0.39, 0.29) is 89.9 Å². The van der Waals surface area contributed by atoms with Crippen molar-refractivity contribution in [2.45, 2.75) is 0 Å². The van der Waals surface area contributed by atoms with Gasteiger partial charge in [0.25, 0.3) is 0 Å². The Labute approximate surface area is 88.1 Å². The summed E-state index contributed by atoms with van der Waals surface area (Å²) >= 11 is 0. The first-order chi connectivity index (χ1) is 0. The molecule has 0 rings (SSSR count). The molecule has 0 saturated carbocycles. The fraction of sp³-hybridized carbons (Fsp3) is 0. The minimum atomic E-state index is 0. The van der Waals surface area contributed by atoms with E-state index in [9.17, 15) is 0 Å². The number of hydrogen-bond acceptors (Lipinski definition) is 0. The molecule has 0 aromatic heterocycles. The molecular formula is H2CaCl2Pb. The summed E-state index contributed by atoms with van der Waals surface area (Å²) in [6.07, 6.45) is 0. The third kappa shape index (κ3) is 8.83. The zero-order valence-corrected chi connectivity index (χ0v) is 11.4. The van der Waals surface area contributed by atoms with Gasteiger partial charge in [-0.1, -0.05) is 0 Å². The van der Waals surface area contributed by atoms with E-state index in [0.29, 0.717) is 0 Å². The van der Waals surface area contributed by atoms with E-state index in [1.807, 2.05) is 0 Å². The molecule has 0 amide bonds. The fourth-order valence-corrected chi connectivity index (χ4v) is 0. The summed E-state index contributed by atoms with van der Waals surface area (Å²) in [4.78, 5) is 0. The summed E-state index contributed by atoms with van der Waals surface area (Å²) in [5.41, 5.74) is 0. The zero-order chi connectivity index (χ0) is 0. The molecule has 0 heterocycles. The molecule has 2 radical (unpaired) electrons. The van der Waals surface area contributed by atoms with Crippen LogP contribution in [0.3, 0.4) is 0 Å². The van der Waals surface area contributed by atoms with Crippen molar-refractivity contribution in [1.82, 2.24) is 0 Å². The quantitative estimate of drug-likeness (QED) is 0.389. The van der Waals surface area contributed by atoms with Gasteiger partial charge in [0.15, 0.2) is 0 Å². The monoisotopic (exact) mass is 320 g/mol. The molecule has 0 aliphatic rings. The van der Waals surface area contributed by atoms with Crippen LogP contribution in [0.4, 0.5) is 0 Å². The van der Waals surface area contributed by atoms with Crippen LogP contribution in [-0.2, 0) is 0 Å². The number of hydrogen-bond donors (Lipinski definition) is 0. The maximum atomic E-state index is 0. The summed E-state index contributed by atoms with van der Waals surface area (Å²) in [5, 5.41) is 0. The van der Waals surface area contributed by atoms with Gasteiger partial charge in [-0.25, -0.2) is 0 Å². The molecule has 0 spiro atoms. The van der Waals surface area contributed by atoms with Gasteiger partial charge in [-0.3, -0.25) is 0 Å². The van der Waals surface area contributed by atoms with Gasteiger partial charge in [-0.05, 0) is 0 Å². The van der Waals surface area contributed by atoms with Crippen molar-refractivity contribution >= 4 is 65.0 Å². The summed E-state index contributed by atoms with van der Waals surface area (Å²) in [7, 11) is 0. The fourth-order valence-electron chi connectivity index (χ4n) is 0. The van der Waals surface area contributed by atoms with Gasteiger partial charge in [0.05, 0.1) is 0 Å². The van der Waals surface area contributed by atoms with Crippen molar-refractivity contribution in [3.63, 3.8) is 0 Å². The van der Waals surface area contributed by atoms with E-state index in [1.165, 1.54) is 0 Å². The van der Waals surface area contributed by atoms with E-state index in [0.717, 1.165) is 0 Å². The van der Waals surface area contributed by atoms with Crippen LogP contribution in [-0.4, -0.2) is 65.0 Å². The molecule has 0 fully saturated rings. The van der Waals surface area contributed by atoms with Crippen LogP contribution in [0.25, 0.3) is 0 Å². The van der Waals surface area contributed by atoms with Crippen LogP contribution >= 0.6 is 0 Å². The van der Waals surface area contributed by atoms with Crippen molar-refractivity contribution in [3.05, 3.63) is 0 Å². The molecule has 0 aliphatic heterocycles. The molecule has 0 N–H and O–H groups in total. The van der Waals surface area contributed by atoms with Crippen LogP contribution in [0, 0.1) is 0 Å². The molecule has 0 atom stereocenters. The Morgan fingerprint density at radius 3 is 0.750 bits per heavy atom. The molecular weight excluding hydrogens is 318 g/mol. The Morgan fingerprint density at radius 1 is 0.750 bits per heavy atom. The summed E-state index contributed by atoms with van der Waals surface area (Å²) < 4.78 is 0. The van der Waals surface area contributed by atoms with E-state index in [4.69, 9.17) is 0 Å². The van der Waals surface area contributed by atoms with Crippen molar-refractivity contribution in [2.24, 2.45) is 0 Å². The normalized spacial score (nSPS) is 0. The zero-order valence-electron chi connectivity index (χ0n) is 2.17. The molecule has 22 valence electrons. The SMILES string of the molecule is [Ca+2].[Cl-].[Cl-].[PbH2]. The van der Waals surface area contributed by atoms with Crippen LogP contribution in [0.5, 0.6) is 0 Å². The summed E-state index contributed by atoms with van der Waals surface area (Å²) in [6, 6.07) is 0. The standard InChI is InChI=1S/Ca.2ClH.Pb.2H/h;2*1H;;;/q+2;;;;;/p-2. The Balaban J connectivity index is 0. The average molecular weight is 320 g/mol. The van der Waals surface area contributed by atoms with Gasteiger partial charge >= 0.3 is 65.0 Å². The molecule has 4 heteroatoms. The Morgan fingerprint density at radius 2 is 0.750 bits per heavy atom. The van der Waals surface area contributed by atoms with E-state index >= 15 is 0 Å². The van der Waals surface area contributed by atoms with Crippen LogP contribution in [0.1, 0.15) is 0 Å². The first-order valence-corrected chi connectivity index (χ1v) is 0. The maximum absolute atomic E-state index is 0. The third-order valence-corrected chi connectivity index (χ3v) is 0. The first-order valence-electron chi connectivity index (χ1n) is 0. The van der Waals surface area contributed by atoms with Crippen LogP contribution in [0.2, 0.25) is 0 Å². The Bertz CT molecular complexity index is 6.00. The summed E-state index contributed by atoms with van der Waals surface area (Å²) in [5.74, 6) is 0. The second-order valence-corrected chi connectivity index (χ2v) is 0. The van der Waals surface area contributed by atoms with Crippen molar-refractivity contribution in [3.8, 4) is 0 Å². The molecule has 0 aromatic carbocycles. The predicted octanol–water partition coefficient (Wildman–Crippen LogP) is -7.29. The third-order valence-electron chi connectivity index (χ3n) is 0. The molecule has 0 aliphatic carbocycles. The van der Waals surface area contributed by atoms with Gasteiger partial charge in [0.2, 0.25) is 0 Å². The molecule has 4 heavy (non-hydrogen) atoms. The Hall–Kier alpha value is 2.76. The van der Waals surface area contributed by atoms with Crippen molar-refractivity contribution < 1.29 is 24.8 Å². The first kappa shape index (κ1) is 29.4. The van der Waals surface area contributed by atoms with Gasteiger partial charge in [-0.15, -0.1) is 0 Å².